The van der Waals surface area contributed by atoms with Crippen LogP contribution in [0.4, 0.5) is 0 Å². The molecule has 6 heteroatoms. The fourth-order valence-corrected chi connectivity index (χ4v) is 7.39. The first-order valence-electron chi connectivity index (χ1n) is 6.02. The van der Waals surface area contributed by atoms with E-state index in [2.05, 4.69) is 31.9 Å². The molecule has 1 atom stereocenters. The van der Waals surface area contributed by atoms with Crippen molar-refractivity contribution >= 4 is 53.3 Å². The van der Waals surface area contributed by atoms with Crippen molar-refractivity contribution in [2.24, 2.45) is 5.92 Å². The van der Waals surface area contributed by atoms with E-state index in [0.717, 1.165) is 5.56 Å². The Morgan fingerprint density at radius 2 is 1.89 bits per heavy atom. The van der Waals surface area contributed by atoms with Crippen molar-refractivity contribution in [2.75, 3.05) is 22.2 Å². The summed E-state index contributed by atoms with van der Waals surface area (Å²) < 4.78 is 23.5. The van der Waals surface area contributed by atoms with Crippen molar-refractivity contribution in [1.82, 2.24) is 0 Å². The molecule has 0 aliphatic carbocycles. The molecular weight excluding hydrogens is 415 g/mol. The summed E-state index contributed by atoms with van der Waals surface area (Å²) in [6, 6.07) is 7.70. The lowest BCUT2D eigenvalue weighted by molar-refractivity contribution is 0.370. The molecule has 0 N–H and O–H groups in total. The second-order valence-electron chi connectivity index (χ2n) is 5.00. The third-order valence-electron chi connectivity index (χ3n) is 3.90. The van der Waals surface area contributed by atoms with Crippen LogP contribution < -0.4 is 0 Å². The Hall–Kier alpha value is 0.420. The summed E-state index contributed by atoms with van der Waals surface area (Å²) in [6.07, 6.45) is 0.699. The Balaban J connectivity index is 2.47. The highest BCUT2D eigenvalue weighted by molar-refractivity contribution is 9.09. The highest BCUT2D eigenvalue weighted by Gasteiger charge is 2.45. The van der Waals surface area contributed by atoms with Gasteiger partial charge in [-0.2, -0.15) is 0 Å². The zero-order valence-electron chi connectivity index (χ0n) is 10.3. The SMILES string of the molecule is O=S1(=O)CCC(C(CBr)(CBr)c2ccccc2Cl)C1. The number of benzene rings is 1. The molecule has 1 aromatic carbocycles. The van der Waals surface area contributed by atoms with Crippen LogP contribution in [0.15, 0.2) is 24.3 Å². The molecular formula is C13H15Br2ClO2S. The van der Waals surface area contributed by atoms with Gasteiger partial charge in [0.05, 0.1) is 11.5 Å². The Labute approximate surface area is 136 Å². The van der Waals surface area contributed by atoms with Gasteiger partial charge in [-0.25, -0.2) is 8.42 Å². The molecule has 1 aliphatic rings. The fraction of sp³-hybridized carbons (Fsp3) is 0.538. The molecule has 0 saturated carbocycles. The second-order valence-corrected chi connectivity index (χ2v) is 8.76. The van der Waals surface area contributed by atoms with Gasteiger partial charge in [-0.3, -0.25) is 0 Å². The van der Waals surface area contributed by atoms with Crippen LogP contribution in [0, 0.1) is 5.92 Å². The Morgan fingerprint density at radius 3 is 2.37 bits per heavy atom. The summed E-state index contributed by atoms with van der Waals surface area (Å²) in [7, 11) is -2.90. The summed E-state index contributed by atoms with van der Waals surface area (Å²) in [5.41, 5.74) is 0.745. The number of sulfone groups is 1. The summed E-state index contributed by atoms with van der Waals surface area (Å²) in [5, 5.41) is 2.08. The van der Waals surface area contributed by atoms with Gasteiger partial charge < -0.3 is 0 Å². The van der Waals surface area contributed by atoms with Crippen LogP contribution in [0.3, 0.4) is 0 Å². The van der Waals surface area contributed by atoms with Gasteiger partial charge in [0, 0.05) is 21.1 Å². The second kappa shape index (κ2) is 6.04. The van der Waals surface area contributed by atoms with Gasteiger partial charge in [0.15, 0.2) is 9.84 Å². The molecule has 1 saturated heterocycles. The third-order valence-corrected chi connectivity index (χ3v) is 8.00. The van der Waals surface area contributed by atoms with E-state index < -0.39 is 9.84 Å². The molecule has 106 valence electrons. The van der Waals surface area contributed by atoms with Crippen molar-refractivity contribution in [3.05, 3.63) is 34.9 Å². The van der Waals surface area contributed by atoms with Gasteiger partial charge in [-0.1, -0.05) is 61.7 Å². The van der Waals surface area contributed by atoms with Gasteiger partial charge in [0.25, 0.3) is 0 Å². The number of hydrogen-bond donors (Lipinski definition) is 0. The first-order chi connectivity index (χ1) is 8.95. The molecule has 0 bridgehead atoms. The van der Waals surface area contributed by atoms with Crippen molar-refractivity contribution in [2.45, 2.75) is 11.8 Å². The van der Waals surface area contributed by atoms with E-state index in [1.165, 1.54) is 0 Å². The molecule has 0 radical (unpaired) electrons. The maximum atomic E-state index is 11.8. The molecule has 1 unspecified atom stereocenters. The number of halogens is 3. The van der Waals surface area contributed by atoms with Crippen LogP contribution in [0.1, 0.15) is 12.0 Å². The lowest BCUT2D eigenvalue weighted by Gasteiger charge is -2.37. The minimum Gasteiger partial charge on any atom is -0.229 e. The van der Waals surface area contributed by atoms with Crippen LogP contribution in [-0.2, 0) is 15.3 Å². The van der Waals surface area contributed by atoms with Crippen LogP contribution >= 0.6 is 43.5 Å². The molecule has 0 spiro atoms. The molecule has 1 fully saturated rings. The highest BCUT2D eigenvalue weighted by atomic mass is 79.9. The van der Waals surface area contributed by atoms with Gasteiger partial charge in [0.2, 0.25) is 0 Å². The van der Waals surface area contributed by atoms with Crippen molar-refractivity contribution < 1.29 is 8.42 Å². The zero-order valence-corrected chi connectivity index (χ0v) is 15.0. The predicted octanol–water partition coefficient (Wildman–Crippen LogP) is 3.80. The van der Waals surface area contributed by atoms with E-state index in [-0.39, 0.29) is 22.8 Å². The van der Waals surface area contributed by atoms with Crippen molar-refractivity contribution in [1.29, 1.82) is 0 Å². The smallest absolute Gasteiger partial charge is 0.150 e. The van der Waals surface area contributed by atoms with E-state index in [4.69, 9.17) is 11.6 Å². The largest absolute Gasteiger partial charge is 0.229 e. The molecule has 0 amide bonds. The van der Waals surface area contributed by atoms with Gasteiger partial charge >= 0.3 is 0 Å². The van der Waals surface area contributed by atoms with Gasteiger partial charge in [0.1, 0.15) is 0 Å². The van der Waals surface area contributed by atoms with Crippen molar-refractivity contribution in [3.63, 3.8) is 0 Å². The number of alkyl halides is 2. The quantitative estimate of drug-likeness (QED) is 0.681. The van der Waals surface area contributed by atoms with Crippen LogP contribution in [0.5, 0.6) is 0 Å². The summed E-state index contributed by atoms with van der Waals surface area (Å²) in [6.45, 7) is 0. The Kier molecular flexibility index (Phi) is 5.02. The monoisotopic (exact) mass is 428 g/mol. The molecule has 19 heavy (non-hydrogen) atoms. The van der Waals surface area contributed by atoms with E-state index in [1.54, 1.807) is 0 Å². The van der Waals surface area contributed by atoms with Gasteiger partial charge in [-0.15, -0.1) is 0 Å². The lowest BCUT2D eigenvalue weighted by atomic mass is 9.73. The minimum atomic E-state index is -2.90. The number of rotatable bonds is 4. The summed E-state index contributed by atoms with van der Waals surface area (Å²) in [5.74, 6) is 0.621. The van der Waals surface area contributed by atoms with E-state index >= 15 is 0 Å². The number of hydrogen-bond acceptors (Lipinski definition) is 2. The molecule has 1 heterocycles. The maximum absolute atomic E-state index is 11.8. The summed E-state index contributed by atoms with van der Waals surface area (Å²) in [4.78, 5) is 0. The molecule has 2 rings (SSSR count). The van der Waals surface area contributed by atoms with E-state index in [9.17, 15) is 8.42 Å². The molecule has 1 aliphatic heterocycles. The lowest BCUT2D eigenvalue weighted by Crippen LogP contribution is -2.40. The summed E-state index contributed by atoms with van der Waals surface area (Å²) >= 11 is 13.5. The average molecular weight is 431 g/mol. The maximum Gasteiger partial charge on any atom is 0.150 e. The Morgan fingerprint density at radius 1 is 1.26 bits per heavy atom. The zero-order chi connectivity index (χ0) is 14.1. The Bertz CT molecular complexity index is 556. The minimum absolute atomic E-state index is 0.0937. The molecule has 2 nitrogen and oxygen atoms in total. The van der Waals surface area contributed by atoms with Crippen LogP contribution in [0.25, 0.3) is 0 Å². The topological polar surface area (TPSA) is 34.1 Å². The molecule has 0 aromatic heterocycles. The van der Waals surface area contributed by atoms with Crippen molar-refractivity contribution in [3.8, 4) is 0 Å². The van der Waals surface area contributed by atoms with E-state index in [1.807, 2.05) is 24.3 Å². The highest BCUT2D eigenvalue weighted by Crippen LogP contribution is 2.44. The average Bonchev–Trinajstić information content (AvgIpc) is 2.74. The van der Waals surface area contributed by atoms with Crippen LogP contribution in [-0.4, -0.2) is 30.6 Å². The van der Waals surface area contributed by atoms with E-state index in [0.29, 0.717) is 22.1 Å². The van der Waals surface area contributed by atoms with Gasteiger partial charge in [-0.05, 0) is 24.0 Å². The predicted molar refractivity (Wildman–Crippen MR) is 87.5 cm³/mol. The first kappa shape index (κ1) is 15.8. The van der Waals surface area contributed by atoms with Crippen LogP contribution in [0.2, 0.25) is 5.02 Å². The third kappa shape index (κ3) is 3.04. The molecule has 1 aromatic rings. The fourth-order valence-electron chi connectivity index (χ4n) is 2.71. The first-order valence-corrected chi connectivity index (χ1v) is 10.5. The normalized spacial score (nSPS) is 22.6. The standard InChI is InChI=1S/C13H15Br2ClO2S/c14-8-13(9-15,10-5-6-19(17,18)7-10)11-3-1-2-4-12(11)16/h1-4,10H,5-9H2.